The molecule has 0 saturated carbocycles. The van der Waals surface area contributed by atoms with Gasteiger partial charge < -0.3 is 4.23 Å². The lowest BCUT2D eigenvalue weighted by Crippen LogP contribution is -2.45. The first-order valence-corrected chi connectivity index (χ1v) is 10.6. The van der Waals surface area contributed by atoms with E-state index < -0.39 is 8.24 Å². The van der Waals surface area contributed by atoms with Gasteiger partial charge in [0.2, 0.25) is 0 Å². The van der Waals surface area contributed by atoms with Gasteiger partial charge in [-0.25, -0.2) is 4.98 Å². The molecule has 3 heterocycles. The maximum absolute atomic E-state index is 4.77. The van der Waals surface area contributed by atoms with E-state index in [9.17, 15) is 0 Å². The van der Waals surface area contributed by atoms with Gasteiger partial charge in [-0.2, -0.15) is 0 Å². The molecule has 3 aromatic heterocycles. The van der Waals surface area contributed by atoms with Crippen LogP contribution in [0.4, 0.5) is 0 Å². The second-order valence-corrected chi connectivity index (χ2v) is 12.5. The summed E-state index contributed by atoms with van der Waals surface area (Å²) in [6.45, 7) is 11.8. The molecule has 0 radical (unpaired) electrons. The highest BCUT2D eigenvalue weighted by atomic mass is 28.3. The minimum Gasteiger partial charge on any atom is -0.359 e. The van der Waals surface area contributed by atoms with Crippen molar-refractivity contribution in [3.05, 3.63) is 49.1 Å². The number of pyridine rings is 2. The van der Waals surface area contributed by atoms with Crippen LogP contribution in [0.5, 0.6) is 0 Å². The van der Waals surface area contributed by atoms with Crippen LogP contribution in [0.15, 0.2) is 49.1 Å². The van der Waals surface area contributed by atoms with Crippen molar-refractivity contribution in [2.45, 2.75) is 38.9 Å². The van der Waals surface area contributed by atoms with Crippen molar-refractivity contribution in [1.82, 2.24) is 14.2 Å². The van der Waals surface area contributed by atoms with E-state index in [2.05, 4.69) is 67.5 Å². The normalized spacial score (nSPS) is 12.8. The Morgan fingerprint density at radius 2 is 1.82 bits per heavy atom. The van der Waals surface area contributed by atoms with E-state index in [-0.39, 0.29) is 5.04 Å². The smallest absolute Gasteiger partial charge is 0.163 e. The highest BCUT2D eigenvalue weighted by Gasteiger charge is 2.38. The molecule has 0 aliphatic carbocycles. The van der Waals surface area contributed by atoms with Crippen LogP contribution in [0.25, 0.3) is 22.2 Å². The zero-order valence-electron chi connectivity index (χ0n) is 14.0. The SMILES string of the molecule is CC(C)(C)[Si](C)(C)n1ccc2cc(-c3cccnc3)cnc21. The van der Waals surface area contributed by atoms with E-state index in [0.717, 1.165) is 16.8 Å². The van der Waals surface area contributed by atoms with Gasteiger partial charge in [0.15, 0.2) is 8.24 Å². The lowest BCUT2D eigenvalue weighted by Gasteiger charge is -2.38. The summed E-state index contributed by atoms with van der Waals surface area (Å²) in [5, 5.41) is 1.48. The van der Waals surface area contributed by atoms with E-state index in [1.54, 1.807) is 6.20 Å². The summed E-state index contributed by atoms with van der Waals surface area (Å²) in [4.78, 5) is 8.96. The van der Waals surface area contributed by atoms with Crippen LogP contribution in [0, 0.1) is 0 Å². The van der Waals surface area contributed by atoms with Crippen molar-refractivity contribution >= 4 is 19.3 Å². The van der Waals surface area contributed by atoms with Crippen LogP contribution in [0.3, 0.4) is 0 Å². The van der Waals surface area contributed by atoms with E-state index in [0.29, 0.717) is 0 Å². The van der Waals surface area contributed by atoms with E-state index >= 15 is 0 Å². The van der Waals surface area contributed by atoms with Crippen molar-refractivity contribution in [3.8, 4) is 11.1 Å². The fourth-order valence-corrected chi connectivity index (χ4v) is 4.41. The standard InChI is InChI=1S/C18H23N3Si/c1-18(2,3)22(4,5)21-10-8-14-11-16(13-20-17(14)21)15-7-6-9-19-12-15/h6-13H,1-5H3. The van der Waals surface area contributed by atoms with Crippen molar-refractivity contribution in [2.75, 3.05) is 0 Å². The van der Waals surface area contributed by atoms with Crippen molar-refractivity contribution in [2.24, 2.45) is 0 Å². The highest BCUT2D eigenvalue weighted by molar-refractivity contribution is 6.79. The zero-order valence-corrected chi connectivity index (χ0v) is 15.0. The van der Waals surface area contributed by atoms with Gasteiger partial charge in [0.1, 0.15) is 5.65 Å². The highest BCUT2D eigenvalue weighted by Crippen LogP contribution is 2.38. The number of rotatable bonds is 2. The Morgan fingerprint density at radius 3 is 2.45 bits per heavy atom. The molecule has 3 rings (SSSR count). The average Bonchev–Trinajstić information content (AvgIpc) is 2.90. The molecule has 3 aromatic rings. The predicted octanol–water partition coefficient (Wildman–Crippen LogP) is 4.95. The summed E-state index contributed by atoms with van der Waals surface area (Å²) in [5.74, 6) is 0. The number of aromatic nitrogens is 3. The third-order valence-corrected chi connectivity index (χ3v) is 10.2. The molecule has 0 N–H and O–H groups in total. The van der Waals surface area contributed by atoms with Gasteiger partial charge in [-0.05, 0) is 29.4 Å². The molecule has 0 atom stereocenters. The maximum Gasteiger partial charge on any atom is 0.163 e. The first-order valence-electron chi connectivity index (χ1n) is 7.69. The quantitative estimate of drug-likeness (QED) is 0.627. The minimum absolute atomic E-state index is 0.280. The Morgan fingerprint density at radius 1 is 1.05 bits per heavy atom. The van der Waals surface area contributed by atoms with Crippen LogP contribution in [-0.4, -0.2) is 22.4 Å². The van der Waals surface area contributed by atoms with Crippen LogP contribution in [0.1, 0.15) is 20.8 Å². The van der Waals surface area contributed by atoms with Crippen LogP contribution in [-0.2, 0) is 0 Å². The van der Waals surface area contributed by atoms with Crippen molar-refractivity contribution in [1.29, 1.82) is 0 Å². The summed E-state index contributed by atoms with van der Waals surface area (Å²) in [6.07, 6.45) is 7.85. The predicted molar refractivity (Wildman–Crippen MR) is 95.6 cm³/mol. The molecule has 0 saturated heterocycles. The van der Waals surface area contributed by atoms with Gasteiger partial charge in [-0.1, -0.05) is 39.9 Å². The Hall–Kier alpha value is -1.94. The third-order valence-electron chi connectivity index (χ3n) is 4.96. The summed E-state index contributed by atoms with van der Waals surface area (Å²) in [6, 6.07) is 8.42. The van der Waals surface area contributed by atoms with E-state index in [4.69, 9.17) is 4.98 Å². The first-order chi connectivity index (χ1) is 10.3. The zero-order chi connectivity index (χ0) is 16.0. The third kappa shape index (κ3) is 2.37. The van der Waals surface area contributed by atoms with Crippen molar-refractivity contribution in [3.63, 3.8) is 0 Å². The maximum atomic E-state index is 4.77. The fraction of sp³-hybridized carbons (Fsp3) is 0.333. The average molecular weight is 309 g/mol. The Labute approximate surface area is 133 Å². The van der Waals surface area contributed by atoms with Gasteiger partial charge in [0.05, 0.1) is 0 Å². The van der Waals surface area contributed by atoms with Gasteiger partial charge in [-0.15, -0.1) is 0 Å². The topological polar surface area (TPSA) is 30.7 Å². The second-order valence-electron chi connectivity index (χ2n) is 7.37. The van der Waals surface area contributed by atoms with Crippen LogP contribution >= 0.6 is 0 Å². The lowest BCUT2D eigenvalue weighted by molar-refractivity contribution is 0.702. The molecule has 114 valence electrons. The van der Waals surface area contributed by atoms with Crippen molar-refractivity contribution < 1.29 is 0 Å². The molecule has 0 fully saturated rings. The van der Waals surface area contributed by atoms with Crippen LogP contribution in [0.2, 0.25) is 18.1 Å². The van der Waals surface area contributed by atoms with E-state index in [1.165, 1.54) is 5.39 Å². The molecule has 0 bridgehead atoms. The largest absolute Gasteiger partial charge is 0.359 e. The summed E-state index contributed by atoms with van der Waals surface area (Å²) >= 11 is 0. The number of fused-ring (bicyclic) bond motifs is 1. The van der Waals surface area contributed by atoms with Crippen LogP contribution < -0.4 is 0 Å². The molecule has 4 heteroatoms. The molecule has 22 heavy (non-hydrogen) atoms. The Kier molecular flexibility index (Phi) is 3.44. The summed E-state index contributed by atoms with van der Waals surface area (Å²) in [5.41, 5.74) is 3.32. The molecular formula is C18H23N3Si. The lowest BCUT2D eigenvalue weighted by atomic mass is 10.1. The van der Waals surface area contributed by atoms with Gasteiger partial charge in [-0.3, -0.25) is 4.98 Å². The molecule has 0 spiro atoms. The first kappa shape index (κ1) is 15.0. The Balaban J connectivity index is 2.12. The molecular weight excluding hydrogens is 286 g/mol. The molecule has 0 aliphatic rings. The monoisotopic (exact) mass is 309 g/mol. The Bertz CT molecular complexity index is 798. The molecule has 3 nitrogen and oxygen atoms in total. The summed E-state index contributed by atoms with van der Waals surface area (Å²) in [7, 11) is -1.65. The summed E-state index contributed by atoms with van der Waals surface area (Å²) < 4.78 is 2.43. The molecule has 0 aliphatic heterocycles. The number of hydrogen-bond acceptors (Lipinski definition) is 2. The van der Waals surface area contributed by atoms with E-state index in [1.807, 2.05) is 18.5 Å². The number of hydrogen-bond donors (Lipinski definition) is 0. The fourth-order valence-electron chi connectivity index (χ4n) is 2.53. The van der Waals surface area contributed by atoms with Gasteiger partial charge in [0.25, 0.3) is 0 Å². The molecule has 0 unspecified atom stereocenters. The van der Waals surface area contributed by atoms with Gasteiger partial charge >= 0.3 is 0 Å². The molecule has 0 amide bonds. The minimum atomic E-state index is -1.65. The number of nitrogens with zero attached hydrogens (tertiary/aromatic N) is 3. The van der Waals surface area contributed by atoms with Gasteiger partial charge in [0, 0.05) is 35.1 Å². The molecule has 0 aromatic carbocycles. The second kappa shape index (κ2) is 5.06.